The van der Waals surface area contributed by atoms with Crippen molar-refractivity contribution in [2.75, 3.05) is 12.3 Å². The quantitative estimate of drug-likeness (QED) is 0.652. The third-order valence-electron chi connectivity index (χ3n) is 3.38. The van der Waals surface area contributed by atoms with E-state index in [1.165, 1.54) is 0 Å². The van der Waals surface area contributed by atoms with E-state index in [9.17, 15) is 4.79 Å². The Morgan fingerprint density at radius 2 is 2.17 bits per heavy atom. The van der Waals surface area contributed by atoms with Gasteiger partial charge in [-0.25, -0.2) is 0 Å². The average molecular weight is 248 g/mol. The summed E-state index contributed by atoms with van der Waals surface area (Å²) in [5.74, 6) is -0.113. The fourth-order valence-corrected chi connectivity index (χ4v) is 2.31. The van der Waals surface area contributed by atoms with Crippen LogP contribution in [-0.2, 0) is 16.1 Å². The molecule has 2 rings (SSSR count). The largest absolute Gasteiger partial charge is 0.464 e. The standard InChI is InChI=1S/C14H20N2O2/c1-10(2)16(13-7-8-18-14(13)17)9-11-5-3-4-6-12(11)15/h3-6,10,13H,7-9,15H2,1-2H3. The second kappa shape index (κ2) is 5.40. The summed E-state index contributed by atoms with van der Waals surface area (Å²) in [7, 11) is 0. The number of nitrogens with two attached hydrogens (primary N) is 1. The molecule has 1 aromatic rings. The van der Waals surface area contributed by atoms with Crippen LogP contribution in [0.15, 0.2) is 24.3 Å². The van der Waals surface area contributed by atoms with Crippen LogP contribution in [0, 0.1) is 0 Å². The van der Waals surface area contributed by atoms with Gasteiger partial charge in [0.25, 0.3) is 0 Å². The number of rotatable bonds is 4. The number of carbonyl (C=O) groups excluding carboxylic acids is 1. The molecule has 4 nitrogen and oxygen atoms in total. The Balaban J connectivity index is 2.17. The van der Waals surface area contributed by atoms with Gasteiger partial charge in [0.05, 0.1) is 6.61 Å². The Labute approximate surface area is 108 Å². The van der Waals surface area contributed by atoms with Crippen molar-refractivity contribution in [3.8, 4) is 0 Å². The minimum Gasteiger partial charge on any atom is -0.464 e. The molecule has 18 heavy (non-hydrogen) atoms. The SMILES string of the molecule is CC(C)N(Cc1ccccc1N)C1CCOC1=O. The Morgan fingerprint density at radius 1 is 1.44 bits per heavy atom. The van der Waals surface area contributed by atoms with E-state index in [0.717, 1.165) is 17.7 Å². The number of carbonyl (C=O) groups is 1. The van der Waals surface area contributed by atoms with E-state index >= 15 is 0 Å². The maximum absolute atomic E-state index is 11.7. The van der Waals surface area contributed by atoms with Gasteiger partial charge in [0.1, 0.15) is 6.04 Å². The molecule has 1 heterocycles. The molecular formula is C14H20N2O2. The van der Waals surface area contributed by atoms with Gasteiger partial charge in [-0.15, -0.1) is 0 Å². The molecule has 4 heteroatoms. The minimum atomic E-state index is -0.135. The maximum atomic E-state index is 11.7. The van der Waals surface area contributed by atoms with Crippen LogP contribution in [0.25, 0.3) is 0 Å². The Morgan fingerprint density at radius 3 is 2.72 bits per heavy atom. The molecule has 1 unspecified atom stereocenters. The molecule has 1 saturated heterocycles. The molecule has 0 aliphatic carbocycles. The molecule has 1 aliphatic heterocycles. The molecular weight excluding hydrogens is 228 g/mol. The molecule has 0 bridgehead atoms. The van der Waals surface area contributed by atoms with Crippen LogP contribution in [0.1, 0.15) is 25.8 Å². The third-order valence-corrected chi connectivity index (χ3v) is 3.38. The number of nitrogen functional groups attached to an aromatic ring is 1. The second-order valence-corrected chi connectivity index (χ2v) is 4.94. The van der Waals surface area contributed by atoms with Crippen LogP contribution in [0.5, 0.6) is 0 Å². The molecule has 1 fully saturated rings. The van der Waals surface area contributed by atoms with Gasteiger partial charge in [-0.2, -0.15) is 0 Å². The second-order valence-electron chi connectivity index (χ2n) is 4.94. The highest BCUT2D eigenvalue weighted by molar-refractivity contribution is 5.77. The number of ether oxygens (including phenoxy) is 1. The van der Waals surface area contributed by atoms with Gasteiger partial charge in [-0.05, 0) is 25.5 Å². The van der Waals surface area contributed by atoms with Gasteiger partial charge in [-0.1, -0.05) is 18.2 Å². The summed E-state index contributed by atoms with van der Waals surface area (Å²) >= 11 is 0. The van der Waals surface area contributed by atoms with Gasteiger partial charge in [0.15, 0.2) is 0 Å². The molecule has 2 N–H and O–H groups in total. The monoisotopic (exact) mass is 248 g/mol. The van der Waals surface area contributed by atoms with Crippen molar-refractivity contribution >= 4 is 11.7 Å². The predicted octanol–water partition coefficient (Wildman–Crippen LogP) is 1.79. The van der Waals surface area contributed by atoms with Crippen LogP contribution >= 0.6 is 0 Å². The summed E-state index contributed by atoms with van der Waals surface area (Å²) in [6.07, 6.45) is 0.768. The summed E-state index contributed by atoms with van der Waals surface area (Å²) in [4.78, 5) is 13.9. The lowest BCUT2D eigenvalue weighted by Gasteiger charge is -2.30. The van der Waals surface area contributed by atoms with Crippen molar-refractivity contribution in [2.24, 2.45) is 0 Å². The fraction of sp³-hybridized carbons (Fsp3) is 0.500. The summed E-state index contributed by atoms with van der Waals surface area (Å²) in [5, 5.41) is 0. The lowest BCUT2D eigenvalue weighted by atomic mass is 10.1. The zero-order valence-electron chi connectivity index (χ0n) is 10.9. The Bertz CT molecular complexity index is 432. The van der Waals surface area contributed by atoms with Crippen molar-refractivity contribution in [3.63, 3.8) is 0 Å². The highest BCUT2D eigenvalue weighted by atomic mass is 16.5. The van der Waals surface area contributed by atoms with E-state index in [2.05, 4.69) is 18.7 Å². The van der Waals surface area contributed by atoms with Crippen molar-refractivity contribution in [1.82, 2.24) is 4.90 Å². The highest BCUT2D eigenvalue weighted by Gasteiger charge is 2.33. The summed E-state index contributed by atoms with van der Waals surface area (Å²) in [5.41, 5.74) is 7.79. The topological polar surface area (TPSA) is 55.6 Å². The average Bonchev–Trinajstić information content (AvgIpc) is 2.74. The molecule has 1 atom stereocenters. The van der Waals surface area contributed by atoms with Crippen molar-refractivity contribution in [2.45, 2.75) is 38.9 Å². The van der Waals surface area contributed by atoms with Crippen LogP contribution in [0.4, 0.5) is 5.69 Å². The molecule has 1 aromatic carbocycles. The highest BCUT2D eigenvalue weighted by Crippen LogP contribution is 2.22. The number of nitrogens with zero attached hydrogens (tertiary/aromatic N) is 1. The van der Waals surface area contributed by atoms with E-state index in [1.807, 2.05) is 24.3 Å². The fourth-order valence-electron chi connectivity index (χ4n) is 2.31. The van der Waals surface area contributed by atoms with Crippen molar-refractivity contribution < 1.29 is 9.53 Å². The Hall–Kier alpha value is -1.55. The number of benzene rings is 1. The first-order valence-electron chi connectivity index (χ1n) is 6.35. The summed E-state index contributed by atoms with van der Waals surface area (Å²) in [6, 6.07) is 7.93. The number of hydrogen-bond donors (Lipinski definition) is 1. The van der Waals surface area contributed by atoms with Gasteiger partial charge in [0.2, 0.25) is 0 Å². The maximum Gasteiger partial charge on any atom is 0.323 e. The number of hydrogen-bond acceptors (Lipinski definition) is 4. The third kappa shape index (κ3) is 2.64. The van der Waals surface area contributed by atoms with Crippen LogP contribution in [0.3, 0.4) is 0 Å². The number of cyclic esters (lactones) is 1. The molecule has 1 aliphatic rings. The number of para-hydroxylation sites is 1. The lowest BCUT2D eigenvalue weighted by molar-refractivity contribution is -0.143. The van der Waals surface area contributed by atoms with E-state index in [-0.39, 0.29) is 18.1 Å². The van der Waals surface area contributed by atoms with Crippen molar-refractivity contribution in [3.05, 3.63) is 29.8 Å². The zero-order chi connectivity index (χ0) is 13.1. The van der Waals surface area contributed by atoms with E-state index in [1.54, 1.807) is 0 Å². The van der Waals surface area contributed by atoms with Crippen LogP contribution in [-0.4, -0.2) is 29.6 Å². The van der Waals surface area contributed by atoms with Gasteiger partial charge >= 0.3 is 5.97 Å². The van der Waals surface area contributed by atoms with Crippen LogP contribution < -0.4 is 5.73 Å². The first-order valence-corrected chi connectivity index (χ1v) is 6.35. The van der Waals surface area contributed by atoms with E-state index in [4.69, 9.17) is 10.5 Å². The normalized spacial score (nSPS) is 19.6. The lowest BCUT2D eigenvalue weighted by Crippen LogP contribution is -2.42. The van der Waals surface area contributed by atoms with Crippen molar-refractivity contribution in [1.29, 1.82) is 0 Å². The summed E-state index contributed by atoms with van der Waals surface area (Å²) < 4.78 is 5.05. The first-order chi connectivity index (χ1) is 8.59. The van der Waals surface area contributed by atoms with E-state index < -0.39 is 0 Å². The first kappa shape index (κ1) is 12.9. The van der Waals surface area contributed by atoms with Gasteiger partial charge < -0.3 is 10.5 Å². The molecule has 0 aromatic heterocycles. The molecule has 0 saturated carbocycles. The van der Waals surface area contributed by atoms with Crippen LogP contribution in [0.2, 0.25) is 0 Å². The smallest absolute Gasteiger partial charge is 0.323 e. The molecule has 0 amide bonds. The molecule has 0 spiro atoms. The van der Waals surface area contributed by atoms with E-state index in [0.29, 0.717) is 13.2 Å². The predicted molar refractivity (Wildman–Crippen MR) is 70.9 cm³/mol. The van der Waals surface area contributed by atoms with Gasteiger partial charge in [0, 0.05) is 24.7 Å². The molecule has 0 radical (unpaired) electrons. The number of esters is 1. The number of anilines is 1. The molecule has 98 valence electrons. The van der Waals surface area contributed by atoms with Gasteiger partial charge in [-0.3, -0.25) is 9.69 Å². The Kier molecular flexibility index (Phi) is 3.87. The summed E-state index contributed by atoms with van der Waals surface area (Å²) in [6.45, 7) is 5.39. The zero-order valence-corrected chi connectivity index (χ0v) is 10.9. The minimum absolute atomic E-state index is 0.113.